The smallest absolute Gasteiger partial charge is 0.410 e. The molecule has 0 aliphatic carbocycles. The van der Waals surface area contributed by atoms with Crippen LogP contribution in [0.4, 0.5) is 10.6 Å². The SMILES string of the molecule is COc1cc2nc(-c3ccc(N4CCN(C(=O)OC(C)(C)C)CC4)nc3)cc(Cl)c2cc1OC. The Labute approximate surface area is 204 Å². The predicted molar refractivity (Wildman–Crippen MR) is 133 cm³/mol. The van der Waals surface area contributed by atoms with Crippen LogP contribution >= 0.6 is 11.6 Å². The van der Waals surface area contributed by atoms with E-state index in [9.17, 15) is 4.79 Å². The molecule has 1 aliphatic heterocycles. The van der Waals surface area contributed by atoms with Crippen LogP contribution in [-0.4, -0.2) is 67.0 Å². The van der Waals surface area contributed by atoms with E-state index in [-0.39, 0.29) is 6.09 Å². The summed E-state index contributed by atoms with van der Waals surface area (Å²) in [5.41, 5.74) is 1.79. The molecule has 0 atom stereocenters. The third-order valence-electron chi connectivity index (χ3n) is 5.56. The minimum absolute atomic E-state index is 0.274. The Kier molecular flexibility index (Phi) is 6.70. The normalized spacial score (nSPS) is 14.3. The Morgan fingerprint density at radius 1 is 1.00 bits per heavy atom. The first-order chi connectivity index (χ1) is 16.2. The molecule has 2 aromatic heterocycles. The van der Waals surface area contributed by atoms with Crippen molar-refractivity contribution >= 4 is 34.4 Å². The lowest BCUT2D eigenvalue weighted by molar-refractivity contribution is 0.0240. The van der Waals surface area contributed by atoms with E-state index >= 15 is 0 Å². The van der Waals surface area contributed by atoms with Crippen LogP contribution in [0.25, 0.3) is 22.2 Å². The molecule has 34 heavy (non-hydrogen) atoms. The molecule has 4 rings (SSSR count). The highest BCUT2D eigenvalue weighted by molar-refractivity contribution is 6.35. The molecule has 0 saturated carbocycles. The maximum atomic E-state index is 12.3. The van der Waals surface area contributed by atoms with Crippen molar-refractivity contribution < 1.29 is 19.0 Å². The zero-order valence-electron chi connectivity index (χ0n) is 20.1. The lowest BCUT2D eigenvalue weighted by atomic mass is 10.1. The van der Waals surface area contributed by atoms with Gasteiger partial charge in [0, 0.05) is 49.4 Å². The van der Waals surface area contributed by atoms with Crippen molar-refractivity contribution in [1.29, 1.82) is 0 Å². The van der Waals surface area contributed by atoms with Gasteiger partial charge in [-0.2, -0.15) is 0 Å². The Hall–Kier alpha value is -3.26. The molecule has 1 amide bonds. The number of amides is 1. The topological polar surface area (TPSA) is 77.0 Å². The molecule has 0 bridgehead atoms. The molecule has 1 fully saturated rings. The van der Waals surface area contributed by atoms with Gasteiger partial charge in [0.05, 0.1) is 30.5 Å². The molecule has 3 aromatic rings. The van der Waals surface area contributed by atoms with E-state index in [1.807, 2.05) is 51.1 Å². The number of anilines is 1. The number of aromatic nitrogens is 2. The van der Waals surface area contributed by atoms with Gasteiger partial charge in [0.2, 0.25) is 0 Å². The molecule has 0 radical (unpaired) electrons. The van der Waals surface area contributed by atoms with E-state index in [4.69, 9.17) is 30.8 Å². The maximum Gasteiger partial charge on any atom is 0.410 e. The summed E-state index contributed by atoms with van der Waals surface area (Å²) in [6.45, 7) is 8.17. The number of benzene rings is 1. The number of piperazine rings is 1. The Morgan fingerprint density at radius 3 is 2.26 bits per heavy atom. The fourth-order valence-corrected chi connectivity index (χ4v) is 4.08. The molecular formula is C25H29ClN4O4. The first kappa shape index (κ1) is 23.9. The number of ether oxygens (including phenoxy) is 3. The number of nitrogens with zero attached hydrogens (tertiary/aromatic N) is 4. The van der Waals surface area contributed by atoms with Crippen molar-refractivity contribution in [2.24, 2.45) is 0 Å². The van der Waals surface area contributed by atoms with Crippen LogP contribution < -0.4 is 14.4 Å². The van der Waals surface area contributed by atoms with Crippen LogP contribution in [0.2, 0.25) is 5.02 Å². The third-order valence-corrected chi connectivity index (χ3v) is 5.88. The van der Waals surface area contributed by atoms with Crippen LogP contribution in [0.1, 0.15) is 20.8 Å². The highest BCUT2D eigenvalue weighted by atomic mass is 35.5. The van der Waals surface area contributed by atoms with Gasteiger partial charge in [-0.15, -0.1) is 0 Å². The number of hydrogen-bond acceptors (Lipinski definition) is 7. The average molecular weight is 485 g/mol. The minimum Gasteiger partial charge on any atom is -0.493 e. The fraction of sp³-hybridized carbons (Fsp3) is 0.400. The molecule has 0 N–H and O–H groups in total. The van der Waals surface area contributed by atoms with Crippen molar-refractivity contribution in [3.05, 3.63) is 41.6 Å². The second-order valence-corrected chi connectivity index (χ2v) is 9.48. The number of halogens is 1. The van der Waals surface area contributed by atoms with Gasteiger partial charge in [0.1, 0.15) is 11.4 Å². The summed E-state index contributed by atoms with van der Waals surface area (Å²) < 4.78 is 16.2. The summed E-state index contributed by atoms with van der Waals surface area (Å²) in [4.78, 5) is 25.6. The summed E-state index contributed by atoms with van der Waals surface area (Å²) >= 11 is 6.56. The number of carbonyl (C=O) groups excluding carboxylic acids is 1. The van der Waals surface area contributed by atoms with Gasteiger partial charge in [0.25, 0.3) is 0 Å². The monoisotopic (exact) mass is 484 g/mol. The lowest BCUT2D eigenvalue weighted by Gasteiger charge is -2.36. The van der Waals surface area contributed by atoms with Gasteiger partial charge in [-0.25, -0.2) is 14.8 Å². The van der Waals surface area contributed by atoms with Crippen molar-refractivity contribution in [1.82, 2.24) is 14.9 Å². The van der Waals surface area contributed by atoms with Gasteiger partial charge in [-0.1, -0.05) is 11.6 Å². The maximum absolute atomic E-state index is 12.3. The van der Waals surface area contributed by atoms with Gasteiger partial charge in [0.15, 0.2) is 11.5 Å². The van der Waals surface area contributed by atoms with Gasteiger partial charge in [-0.3, -0.25) is 0 Å². The largest absolute Gasteiger partial charge is 0.493 e. The van der Waals surface area contributed by atoms with Crippen LogP contribution in [0.3, 0.4) is 0 Å². The molecule has 180 valence electrons. The molecular weight excluding hydrogens is 456 g/mol. The average Bonchev–Trinajstić information content (AvgIpc) is 2.82. The molecule has 9 heteroatoms. The standard InChI is InChI=1S/C25H29ClN4O4/c1-25(2,3)34-24(31)30-10-8-29(9-11-30)23-7-6-16(15-27-23)19-13-18(26)17-12-21(32-4)22(33-5)14-20(17)28-19/h6-7,12-15H,8-11H2,1-5H3. The van der Waals surface area contributed by atoms with Gasteiger partial charge >= 0.3 is 6.09 Å². The Bertz CT molecular complexity index is 1190. The number of methoxy groups -OCH3 is 2. The number of rotatable bonds is 4. The second-order valence-electron chi connectivity index (χ2n) is 9.07. The summed E-state index contributed by atoms with van der Waals surface area (Å²) in [7, 11) is 3.18. The summed E-state index contributed by atoms with van der Waals surface area (Å²) in [6.07, 6.45) is 1.52. The summed E-state index contributed by atoms with van der Waals surface area (Å²) in [5, 5.41) is 1.36. The van der Waals surface area contributed by atoms with Gasteiger partial charge in [-0.05, 0) is 45.0 Å². The van der Waals surface area contributed by atoms with E-state index in [0.717, 1.165) is 22.5 Å². The van der Waals surface area contributed by atoms with E-state index in [2.05, 4.69) is 9.88 Å². The zero-order valence-corrected chi connectivity index (χ0v) is 20.8. The first-order valence-corrected chi connectivity index (χ1v) is 11.5. The van der Waals surface area contributed by atoms with Crippen molar-refractivity contribution in [2.75, 3.05) is 45.3 Å². The number of pyridine rings is 2. The quantitative estimate of drug-likeness (QED) is 0.514. The summed E-state index contributed by atoms with van der Waals surface area (Å²) in [5.74, 6) is 2.05. The molecule has 8 nitrogen and oxygen atoms in total. The van der Waals surface area contributed by atoms with E-state index in [1.54, 1.807) is 25.3 Å². The number of hydrogen-bond donors (Lipinski definition) is 0. The summed E-state index contributed by atoms with van der Waals surface area (Å²) in [6, 6.07) is 9.41. The highest BCUT2D eigenvalue weighted by Gasteiger charge is 2.26. The van der Waals surface area contributed by atoms with Crippen LogP contribution in [0, 0.1) is 0 Å². The van der Waals surface area contributed by atoms with E-state index < -0.39 is 5.60 Å². The van der Waals surface area contributed by atoms with Crippen LogP contribution in [0.15, 0.2) is 36.5 Å². The Balaban J connectivity index is 1.49. The molecule has 3 heterocycles. The molecule has 0 spiro atoms. The number of carbonyl (C=O) groups is 1. The molecule has 1 aliphatic rings. The molecule has 1 aromatic carbocycles. The zero-order chi connectivity index (χ0) is 24.5. The molecule has 0 unspecified atom stereocenters. The Morgan fingerprint density at radius 2 is 1.68 bits per heavy atom. The number of fused-ring (bicyclic) bond motifs is 1. The van der Waals surface area contributed by atoms with Crippen molar-refractivity contribution in [3.63, 3.8) is 0 Å². The highest BCUT2D eigenvalue weighted by Crippen LogP contribution is 2.36. The lowest BCUT2D eigenvalue weighted by Crippen LogP contribution is -2.50. The van der Waals surface area contributed by atoms with E-state index in [1.165, 1.54) is 0 Å². The van der Waals surface area contributed by atoms with Crippen LogP contribution in [-0.2, 0) is 4.74 Å². The van der Waals surface area contributed by atoms with Crippen molar-refractivity contribution in [2.45, 2.75) is 26.4 Å². The second kappa shape index (κ2) is 9.54. The first-order valence-electron chi connectivity index (χ1n) is 11.1. The van der Waals surface area contributed by atoms with Crippen molar-refractivity contribution in [3.8, 4) is 22.8 Å². The van der Waals surface area contributed by atoms with Crippen LogP contribution in [0.5, 0.6) is 11.5 Å². The van der Waals surface area contributed by atoms with E-state index in [0.29, 0.717) is 48.2 Å². The minimum atomic E-state index is -0.498. The molecule has 1 saturated heterocycles. The van der Waals surface area contributed by atoms with Gasteiger partial charge < -0.3 is 24.0 Å². The third kappa shape index (κ3) is 5.12. The fourth-order valence-electron chi connectivity index (χ4n) is 3.83. The predicted octanol–water partition coefficient (Wildman–Crippen LogP) is 5.02.